The zero-order chi connectivity index (χ0) is 16.7. The summed E-state index contributed by atoms with van der Waals surface area (Å²) in [6.45, 7) is 3.36. The number of hydrogen-bond acceptors (Lipinski definition) is 6. The molecule has 0 saturated heterocycles. The third kappa shape index (κ3) is 2.53. The van der Waals surface area contributed by atoms with Crippen LogP contribution in [0.1, 0.15) is 11.5 Å². The van der Waals surface area contributed by atoms with Crippen LogP contribution in [0.5, 0.6) is 0 Å². The van der Waals surface area contributed by atoms with Crippen LogP contribution in [0, 0.1) is 0 Å². The fourth-order valence-corrected chi connectivity index (χ4v) is 3.31. The second kappa shape index (κ2) is 6.05. The fraction of sp³-hybridized carbons (Fsp3) is 0.353. The third-order valence-electron chi connectivity index (χ3n) is 4.36. The molecule has 0 fully saturated rings. The summed E-state index contributed by atoms with van der Waals surface area (Å²) in [6, 6.07) is 8.18. The third-order valence-corrected chi connectivity index (χ3v) is 4.89. The van der Waals surface area contributed by atoms with E-state index in [2.05, 4.69) is 53.0 Å². The molecule has 1 aromatic heterocycles. The Labute approximate surface area is 149 Å². The van der Waals surface area contributed by atoms with Crippen molar-refractivity contribution < 1.29 is 4.52 Å². The van der Waals surface area contributed by atoms with E-state index < -0.39 is 0 Å². The highest BCUT2D eigenvalue weighted by atomic mass is 79.9. The van der Waals surface area contributed by atoms with Crippen molar-refractivity contribution >= 4 is 27.6 Å². The topological polar surface area (TPSA) is 57.2 Å². The van der Waals surface area contributed by atoms with E-state index in [1.165, 1.54) is 0 Å². The number of rotatable bonds is 3. The van der Waals surface area contributed by atoms with Crippen LogP contribution in [0.15, 0.2) is 43.2 Å². The van der Waals surface area contributed by atoms with Crippen molar-refractivity contribution in [1.82, 2.24) is 15.0 Å². The van der Waals surface area contributed by atoms with Gasteiger partial charge in [-0.25, -0.2) is 0 Å². The van der Waals surface area contributed by atoms with E-state index in [1.807, 2.05) is 26.2 Å². The Balaban J connectivity index is 1.89. The summed E-state index contributed by atoms with van der Waals surface area (Å²) in [7, 11) is 4.06. The molecular weight excluding hydrogens is 370 g/mol. The lowest BCUT2D eigenvalue weighted by atomic mass is 10.0. The van der Waals surface area contributed by atoms with Crippen LogP contribution in [-0.2, 0) is 0 Å². The quantitative estimate of drug-likeness (QED) is 0.811. The molecule has 0 spiro atoms. The van der Waals surface area contributed by atoms with Crippen molar-refractivity contribution in [3.63, 3.8) is 0 Å². The van der Waals surface area contributed by atoms with E-state index in [0.29, 0.717) is 0 Å². The molecule has 4 rings (SSSR count). The normalized spacial score (nSPS) is 17.5. The van der Waals surface area contributed by atoms with E-state index in [4.69, 9.17) is 4.52 Å². The summed E-state index contributed by atoms with van der Waals surface area (Å²) in [4.78, 5) is 13.4. The lowest BCUT2D eigenvalue weighted by Crippen LogP contribution is -2.25. The number of amidine groups is 2. The zero-order valence-corrected chi connectivity index (χ0v) is 15.2. The summed E-state index contributed by atoms with van der Waals surface area (Å²) >= 11 is 3.49. The van der Waals surface area contributed by atoms with E-state index in [0.717, 1.165) is 64.9 Å². The average Bonchev–Trinajstić information content (AvgIpc) is 3.27. The molecule has 0 N–H and O–H groups in total. The van der Waals surface area contributed by atoms with Crippen LogP contribution in [0.2, 0.25) is 0 Å². The molecule has 0 unspecified atom stereocenters. The first-order valence-electron chi connectivity index (χ1n) is 7.92. The van der Waals surface area contributed by atoms with Crippen LogP contribution >= 0.6 is 15.9 Å². The lowest BCUT2D eigenvalue weighted by molar-refractivity contribution is 0.401. The zero-order valence-electron chi connectivity index (χ0n) is 13.7. The molecule has 6 nitrogen and oxygen atoms in total. The van der Waals surface area contributed by atoms with Crippen molar-refractivity contribution in [2.45, 2.75) is 0 Å². The van der Waals surface area contributed by atoms with Crippen molar-refractivity contribution in [2.75, 3.05) is 40.3 Å². The molecule has 0 bridgehead atoms. The predicted octanol–water partition coefficient (Wildman–Crippen LogP) is 2.49. The van der Waals surface area contributed by atoms with E-state index in [9.17, 15) is 0 Å². The van der Waals surface area contributed by atoms with Crippen molar-refractivity contribution in [1.29, 1.82) is 0 Å². The lowest BCUT2D eigenvalue weighted by Gasteiger charge is -2.14. The molecule has 1 aromatic carbocycles. The minimum absolute atomic E-state index is 0.718. The van der Waals surface area contributed by atoms with Gasteiger partial charge in [0.05, 0.1) is 18.7 Å². The van der Waals surface area contributed by atoms with Gasteiger partial charge in [-0.15, -0.1) is 0 Å². The molecule has 3 heterocycles. The summed E-state index contributed by atoms with van der Waals surface area (Å²) in [5, 5.41) is 4.36. The standard InChI is InChI=1S/C17H18BrN5O/c1-22-9-7-19-16(22)14-13(11-3-5-12(18)6-4-11)15(24-21-14)17-20-8-10-23(17)2/h3-6H,7-10H2,1-2H3. The van der Waals surface area contributed by atoms with Crippen LogP contribution < -0.4 is 0 Å². The Bertz CT molecular complexity index is 779. The number of nitrogens with zero attached hydrogens (tertiary/aromatic N) is 5. The molecule has 0 aliphatic carbocycles. The number of hydrogen-bond donors (Lipinski definition) is 0. The Morgan fingerprint density at radius 2 is 1.58 bits per heavy atom. The minimum Gasteiger partial charge on any atom is -0.356 e. The van der Waals surface area contributed by atoms with Gasteiger partial charge in [-0.3, -0.25) is 9.98 Å². The van der Waals surface area contributed by atoms with Gasteiger partial charge in [0, 0.05) is 31.7 Å². The molecule has 0 atom stereocenters. The van der Waals surface area contributed by atoms with Crippen LogP contribution in [-0.4, -0.2) is 66.9 Å². The van der Waals surface area contributed by atoms with Gasteiger partial charge >= 0.3 is 0 Å². The fourth-order valence-electron chi connectivity index (χ4n) is 3.05. The monoisotopic (exact) mass is 387 g/mol. The number of likely N-dealkylation sites (N-methyl/N-ethyl adjacent to an activating group) is 2. The molecule has 7 heteroatoms. The molecule has 124 valence electrons. The maximum absolute atomic E-state index is 5.75. The maximum Gasteiger partial charge on any atom is 0.210 e. The smallest absolute Gasteiger partial charge is 0.210 e. The van der Waals surface area contributed by atoms with Crippen LogP contribution in [0.4, 0.5) is 0 Å². The Hall–Kier alpha value is -2.15. The van der Waals surface area contributed by atoms with Gasteiger partial charge in [0.15, 0.2) is 17.4 Å². The maximum atomic E-state index is 5.75. The average molecular weight is 388 g/mol. The van der Waals surface area contributed by atoms with Gasteiger partial charge in [-0.05, 0) is 17.7 Å². The van der Waals surface area contributed by atoms with E-state index in [-0.39, 0.29) is 0 Å². The van der Waals surface area contributed by atoms with Crippen molar-refractivity contribution in [3.05, 3.63) is 40.2 Å². The number of benzene rings is 1. The first-order chi connectivity index (χ1) is 11.6. The second-order valence-electron chi connectivity index (χ2n) is 6.00. The summed E-state index contributed by atoms with van der Waals surface area (Å²) in [6.07, 6.45) is 0. The van der Waals surface area contributed by atoms with Gasteiger partial charge in [0.2, 0.25) is 5.76 Å². The highest BCUT2D eigenvalue weighted by Gasteiger charge is 2.30. The second-order valence-corrected chi connectivity index (χ2v) is 6.91. The molecular formula is C17H18BrN5O. The SMILES string of the molecule is CN1CCN=C1c1noc(C2=NCCN2C)c1-c1ccc(Br)cc1. The molecule has 0 radical (unpaired) electrons. The van der Waals surface area contributed by atoms with Crippen molar-refractivity contribution in [3.8, 4) is 11.1 Å². The van der Waals surface area contributed by atoms with Gasteiger partial charge in [0.25, 0.3) is 0 Å². The largest absolute Gasteiger partial charge is 0.356 e. The molecule has 2 aliphatic rings. The Morgan fingerprint density at radius 1 is 0.958 bits per heavy atom. The molecule has 24 heavy (non-hydrogen) atoms. The highest BCUT2D eigenvalue weighted by Crippen LogP contribution is 2.32. The Kier molecular flexibility index (Phi) is 3.88. The molecule has 2 aromatic rings. The molecule has 0 saturated carbocycles. The summed E-state index contributed by atoms with van der Waals surface area (Å²) in [5.74, 6) is 2.45. The number of aromatic nitrogens is 1. The van der Waals surface area contributed by atoms with E-state index in [1.54, 1.807) is 0 Å². The minimum atomic E-state index is 0.718. The van der Waals surface area contributed by atoms with Crippen LogP contribution in [0.25, 0.3) is 11.1 Å². The van der Waals surface area contributed by atoms with Gasteiger partial charge in [-0.2, -0.15) is 0 Å². The predicted molar refractivity (Wildman–Crippen MR) is 97.7 cm³/mol. The summed E-state index contributed by atoms with van der Waals surface area (Å²) < 4.78 is 6.79. The van der Waals surface area contributed by atoms with Gasteiger partial charge < -0.3 is 14.3 Å². The summed E-state index contributed by atoms with van der Waals surface area (Å²) in [5.41, 5.74) is 2.80. The number of aliphatic imine (C=N–C) groups is 2. The van der Waals surface area contributed by atoms with Gasteiger partial charge in [0.1, 0.15) is 0 Å². The highest BCUT2D eigenvalue weighted by molar-refractivity contribution is 9.10. The molecule has 2 aliphatic heterocycles. The Morgan fingerprint density at radius 3 is 2.17 bits per heavy atom. The van der Waals surface area contributed by atoms with Crippen molar-refractivity contribution in [2.24, 2.45) is 9.98 Å². The first kappa shape index (κ1) is 15.4. The van der Waals surface area contributed by atoms with Gasteiger partial charge in [-0.1, -0.05) is 33.2 Å². The van der Waals surface area contributed by atoms with Crippen LogP contribution in [0.3, 0.4) is 0 Å². The molecule has 0 amide bonds. The number of halogens is 1. The first-order valence-corrected chi connectivity index (χ1v) is 8.72. The van der Waals surface area contributed by atoms with E-state index >= 15 is 0 Å².